The molecule has 0 aliphatic carbocycles. The number of likely N-dealkylation sites (tertiary alicyclic amines) is 1. The molecule has 1 aromatic carbocycles. The van der Waals surface area contributed by atoms with Gasteiger partial charge in [-0.2, -0.15) is 13.2 Å². The number of rotatable bonds is 2. The molecular weight excluding hydrogens is 402 g/mol. The van der Waals surface area contributed by atoms with Crippen molar-refractivity contribution in [3.63, 3.8) is 0 Å². The number of fused-ring (bicyclic) bond motifs is 1. The van der Waals surface area contributed by atoms with E-state index < -0.39 is 17.9 Å². The first-order chi connectivity index (χ1) is 14.2. The summed E-state index contributed by atoms with van der Waals surface area (Å²) in [7, 11) is 1.58. The number of imidazole rings is 1. The van der Waals surface area contributed by atoms with Crippen molar-refractivity contribution in [3.8, 4) is 11.3 Å². The number of hydrogen-bond acceptors (Lipinski definition) is 3. The van der Waals surface area contributed by atoms with E-state index in [1.54, 1.807) is 22.5 Å². The zero-order valence-corrected chi connectivity index (χ0v) is 16.1. The summed E-state index contributed by atoms with van der Waals surface area (Å²) in [5.74, 6) is 0.348. The van der Waals surface area contributed by atoms with Crippen LogP contribution >= 0.6 is 0 Å². The Labute approximate surface area is 169 Å². The fourth-order valence-electron chi connectivity index (χ4n) is 3.45. The van der Waals surface area contributed by atoms with Crippen LogP contribution in [0.4, 0.5) is 28.2 Å². The minimum absolute atomic E-state index is 0.287. The second kappa shape index (κ2) is 7.58. The van der Waals surface area contributed by atoms with Crippen molar-refractivity contribution in [3.05, 3.63) is 48.4 Å². The van der Waals surface area contributed by atoms with Crippen LogP contribution in [0.5, 0.6) is 0 Å². The lowest BCUT2D eigenvalue weighted by Gasteiger charge is -2.31. The number of piperidine rings is 1. The number of nitrogens with zero attached hydrogens (tertiary/aromatic N) is 5. The molecule has 3 aromatic rings. The van der Waals surface area contributed by atoms with Gasteiger partial charge in [0, 0.05) is 25.7 Å². The minimum atomic E-state index is -4.41. The monoisotopic (exact) mass is 421 g/mol. The van der Waals surface area contributed by atoms with Gasteiger partial charge in [-0.15, -0.1) is 0 Å². The van der Waals surface area contributed by atoms with Gasteiger partial charge in [-0.05, 0) is 25.0 Å². The molecule has 0 unspecified atom stereocenters. The molecule has 3 heterocycles. The van der Waals surface area contributed by atoms with Gasteiger partial charge in [0.2, 0.25) is 0 Å². The van der Waals surface area contributed by atoms with Gasteiger partial charge in [0.15, 0.2) is 11.5 Å². The molecule has 30 heavy (non-hydrogen) atoms. The smallest absolute Gasteiger partial charge is 0.324 e. The number of carbonyl (C=O) groups is 1. The summed E-state index contributed by atoms with van der Waals surface area (Å²) >= 11 is 0. The number of benzene rings is 1. The SMILES string of the molecule is CN(C(=O)N1CCC(F)CC1)c1cn2c(-c3ccc(C(F)(F)F)cc3)cnc2cn1. The van der Waals surface area contributed by atoms with Gasteiger partial charge in [0.05, 0.1) is 29.8 Å². The lowest BCUT2D eigenvalue weighted by Crippen LogP contribution is -2.46. The van der Waals surface area contributed by atoms with E-state index in [4.69, 9.17) is 0 Å². The molecule has 158 valence electrons. The van der Waals surface area contributed by atoms with Gasteiger partial charge >= 0.3 is 12.2 Å². The molecule has 2 amide bonds. The predicted octanol–water partition coefficient (Wildman–Crippen LogP) is 4.41. The molecule has 2 aromatic heterocycles. The van der Waals surface area contributed by atoms with Crippen LogP contribution in [0, 0.1) is 0 Å². The largest absolute Gasteiger partial charge is 0.416 e. The average molecular weight is 421 g/mol. The molecule has 0 N–H and O–H groups in total. The van der Waals surface area contributed by atoms with Gasteiger partial charge in [-0.25, -0.2) is 19.2 Å². The van der Waals surface area contributed by atoms with Crippen molar-refractivity contribution in [2.75, 3.05) is 25.0 Å². The molecule has 0 radical (unpaired) electrons. The number of anilines is 1. The van der Waals surface area contributed by atoms with Gasteiger partial charge in [0.1, 0.15) is 6.17 Å². The minimum Gasteiger partial charge on any atom is -0.324 e. The summed E-state index contributed by atoms with van der Waals surface area (Å²) in [6.45, 7) is 0.683. The second-order valence-electron chi connectivity index (χ2n) is 7.20. The summed E-state index contributed by atoms with van der Waals surface area (Å²) in [6.07, 6.45) is -0.0371. The highest BCUT2D eigenvalue weighted by molar-refractivity contribution is 5.90. The maximum Gasteiger partial charge on any atom is 0.416 e. The van der Waals surface area contributed by atoms with Crippen LogP contribution in [0.2, 0.25) is 0 Å². The van der Waals surface area contributed by atoms with Gasteiger partial charge in [-0.3, -0.25) is 9.30 Å². The normalized spacial score (nSPS) is 15.6. The van der Waals surface area contributed by atoms with Crippen molar-refractivity contribution in [1.82, 2.24) is 19.3 Å². The first-order valence-electron chi connectivity index (χ1n) is 9.41. The van der Waals surface area contributed by atoms with Crippen molar-refractivity contribution < 1.29 is 22.4 Å². The maximum atomic E-state index is 13.3. The Morgan fingerprint density at radius 2 is 1.77 bits per heavy atom. The Morgan fingerprint density at radius 1 is 1.10 bits per heavy atom. The van der Waals surface area contributed by atoms with E-state index in [2.05, 4.69) is 9.97 Å². The number of amides is 2. The Balaban J connectivity index is 1.62. The molecule has 10 heteroatoms. The summed E-state index contributed by atoms with van der Waals surface area (Å²) < 4.78 is 53.5. The second-order valence-corrected chi connectivity index (χ2v) is 7.20. The molecule has 1 saturated heterocycles. The topological polar surface area (TPSA) is 53.7 Å². The van der Waals surface area contributed by atoms with E-state index in [1.807, 2.05) is 0 Å². The summed E-state index contributed by atoms with van der Waals surface area (Å²) in [4.78, 5) is 24.2. The third-order valence-electron chi connectivity index (χ3n) is 5.22. The van der Waals surface area contributed by atoms with E-state index >= 15 is 0 Å². The lowest BCUT2D eigenvalue weighted by atomic mass is 10.1. The van der Waals surface area contributed by atoms with Crippen molar-refractivity contribution in [2.45, 2.75) is 25.2 Å². The molecule has 6 nitrogen and oxygen atoms in total. The molecular formula is C20H19F4N5O. The summed E-state index contributed by atoms with van der Waals surface area (Å²) in [5.41, 5.74) is 0.880. The van der Waals surface area contributed by atoms with Crippen molar-refractivity contribution >= 4 is 17.5 Å². The van der Waals surface area contributed by atoms with Crippen LogP contribution in [-0.4, -0.2) is 51.6 Å². The summed E-state index contributed by atoms with van der Waals surface area (Å²) in [6, 6.07) is 4.50. The molecule has 0 bridgehead atoms. The number of halogens is 4. The van der Waals surface area contributed by atoms with E-state index in [-0.39, 0.29) is 6.03 Å². The van der Waals surface area contributed by atoms with Gasteiger partial charge in [0.25, 0.3) is 0 Å². The number of aromatic nitrogens is 3. The molecule has 0 spiro atoms. The standard InChI is InChI=1S/C20H19F4N5O/c1-27(19(30)28-8-6-15(21)7-9-28)18-12-29-16(10-25-17(29)11-26-18)13-2-4-14(5-3-13)20(22,23)24/h2-5,10-12,15H,6-9H2,1H3. The first-order valence-corrected chi connectivity index (χ1v) is 9.41. The van der Waals surface area contributed by atoms with Crippen LogP contribution in [-0.2, 0) is 6.18 Å². The average Bonchev–Trinajstić information content (AvgIpc) is 3.16. The van der Waals surface area contributed by atoms with Crippen LogP contribution in [0.25, 0.3) is 16.9 Å². The number of carbonyl (C=O) groups excluding carboxylic acids is 1. The van der Waals surface area contributed by atoms with E-state index in [0.29, 0.717) is 48.7 Å². The highest BCUT2D eigenvalue weighted by Crippen LogP contribution is 2.31. The Hall–Kier alpha value is -3.17. The van der Waals surface area contributed by atoms with Crippen molar-refractivity contribution in [2.24, 2.45) is 0 Å². The zero-order chi connectivity index (χ0) is 21.5. The number of alkyl halides is 4. The molecule has 0 saturated carbocycles. The van der Waals surface area contributed by atoms with Crippen LogP contribution in [0.3, 0.4) is 0 Å². The Bertz CT molecular complexity index is 1060. The van der Waals surface area contributed by atoms with Crippen LogP contribution < -0.4 is 4.90 Å². The maximum absolute atomic E-state index is 13.3. The highest BCUT2D eigenvalue weighted by atomic mass is 19.4. The molecule has 1 fully saturated rings. The molecule has 4 rings (SSSR count). The fraction of sp³-hybridized carbons (Fsp3) is 0.350. The third-order valence-corrected chi connectivity index (χ3v) is 5.22. The zero-order valence-electron chi connectivity index (χ0n) is 16.1. The number of hydrogen-bond donors (Lipinski definition) is 0. The van der Waals surface area contributed by atoms with Crippen LogP contribution in [0.1, 0.15) is 18.4 Å². The number of urea groups is 1. The quantitative estimate of drug-likeness (QED) is 0.576. The summed E-state index contributed by atoms with van der Waals surface area (Å²) in [5, 5.41) is 0. The first kappa shape index (κ1) is 20.1. The predicted molar refractivity (Wildman–Crippen MR) is 103 cm³/mol. The van der Waals surface area contributed by atoms with Crippen LogP contribution in [0.15, 0.2) is 42.9 Å². The Kier molecular flexibility index (Phi) is 5.08. The van der Waals surface area contributed by atoms with Gasteiger partial charge < -0.3 is 4.90 Å². The fourth-order valence-corrected chi connectivity index (χ4v) is 3.45. The molecule has 1 aliphatic heterocycles. The lowest BCUT2D eigenvalue weighted by molar-refractivity contribution is -0.137. The molecule has 1 aliphatic rings. The van der Waals surface area contributed by atoms with Crippen molar-refractivity contribution in [1.29, 1.82) is 0 Å². The van der Waals surface area contributed by atoms with Gasteiger partial charge in [-0.1, -0.05) is 12.1 Å². The highest BCUT2D eigenvalue weighted by Gasteiger charge is 2.30. The van der Waals surface area contributed by atoms with E-state index in [9.17, 15) is 22.4 Å². The Morgan fingerprint density at radius 3 is 2.40 bits per heavy atom. The molecule has 0 atom stereocenters. The van der Waals surface area contributed by atoms with E-state index in [0.717, 1.165) is 12.1 Å². The third kappa shape index (κ3) is 3.81. The van der Waals surface area contributed by atoms with E-state index in [1.165, 1.54) is 29.4 Å².